The molecule has 0 bridgehead atoms. The van der Waals surface area contributed by atoms with Crippen molar-refractivity contribution < 1.29 is 13.2 Å². The summed E-state index contributed by atoms with van der Waals surface area (Å²) >= 11 is 0. The number of aryl methyl sites for hydroxylation is 2. The fourth-order valence-electron chi connectivity index (χ4n) is 3.55. The standard InChI is InChI=1S/C21H26N2O3S/c1-15-4-7-20(8-5-15)23-16(2)12-19(17(23)3)6-9-21(24)22-13-18-10-11-27(25,26)14-18/h4-9,12,18H,10-11,13-14H2,1-3H3,(H,22,24)/b9-6+. The summed E-state index contributed by atoms with van der Waals surface area (Å²) in [7, 11) is -2.91. The number of carbonyl (C=O) groups is 1. The van der Waals surface area contributed by atoms with Crippen LogP contribution in [-0.4, -0.2) is 36.9 Å². The maximum atomic E-state index is 12.1. The summed E-state index contributed by atoms with van der Waals surface area (Å²) in [5, 5.41) is 2.81. The first-order valence-electron chi connectivity index (χ1n) is 9.17. The van der Waals surface area contributed by atoms with Crippen LogP contribution in [0.25, 0.3) is 11.8 Å². The van der Waals surface area contributed by atoms with E-state index in [0.717, 1.165) is 22.6 Å². The van der Waals surface area contributed by atoms with Crippen LogP contribution in [0.1, 0.15) is 28.9 Å². The molecule has 0 spiro atoms. The maximum absolute atomic E-state index is 12.1. The predicted molar refractivity (Wildman–Crippen MR) is 109 cm³/mol. The molecule has 1 aromatic heterocycles. The Morgan fingerprint density at radius 2 is 1.93 bits per heavy atom. The van der Waals surface area contributed by atoms with E-state index in [2.05, 4.69) is 47.1 Å². The molecule has 0 saturated carbocycles. The first-order chi connectivity index (χ1) is 12.7. The average Bonchev–Trinajstić information content (AvgIpc) is 3.10. The van der Waals surface area contributed by atoms with Gasteiger partial charge < -0.3 is 9.88 Å². The molecule has 1 fully saturated rings. The van der Waals surface area contributed by atoms with E-state index < -0.39 is 9.84 Å². The largest absolute Gasteiger partial charge is 0.352 e. The van der Waals surface area contributed by atoms with Crippen LogP contribution in [-0.2, 0) is 14.6 Å². The molecule has 2 heterocycles. The Hall–Kier alpha value is -2.34. The highest BCUT2D eigenvalue weighted by atomic mass is 32.2. The van der Waals surface area contributed by atoms with Crippen molar-refractivity contribution in [3.05, 3.63) is 58.9 Å². The SMILES string of the molecule is Cc1ccc(-n2c(C)cc(/C=C/C(=O)NCC3CCS(=O)(=O)C3)c2C)cc1. The molecule has 1 saturated heterocycles. The van der Waals surface area contributed by atoms with Gasteiger partial charge in [-0.15, -0.1) is 0 Å². The van der Waals surface area contributed by atoms with Crippen molar-refractivity contribution in [1.82, 2.24) is 9.88 Å². The highest BCUT2D eigenvalue weighted by Gasteiger charge is 2.27. The van der Waals surface area contributed by atoms with Gasteiger partial charge in [0.05, 0.1) is 11.5 Å². The Morgan fingerprint density at radius 3 is 2.56 bits per heavy atom. The summed E-state index contributed by atoms with van der Waals surface area (Å²) in [6.07, 6.45) is 3.96. The third kappa shape index (κ3) is 4.69. The van der Waals surface area contributed by atoms with Crippen molar-refractivity contribution in [1.29, 1.82) is 0 Å². The van der Waals surface area contributed by atoms with Crippen molar-refractivity contribution in [2.24, 2.45) is 5.92 Å². The topological polar surface area (TPSA) is 68.2 Å². The second-order valence-corrected chi connectivity index (χ2v) is 9.57. The molecule has 0 radical (unpaired) electrons. The zero-order valence-electron chi connectivity index (χ0n) is 16.0. The molecule has 1 atom stereocenters. The van der Waals surface area contributed by atoms with E-state index >= 15 is 0 Å². The number of benzene rings is 1. The van der Waals surface area contributed by atoms with Crippen molar-refractivity contribution in [2.75, 3.05) is 18.1 Å². The third-order valence-electron chi connectivity index (χ3n) is 5.07. The molecule has 5 nitrogen and oxygen atoms in total. The molecule has 3 rings (SSSR count). The van der Waals surface area contributed by atoms with Gasteiger partial charge >= 0.3 is 0 Å². The lowest BCUT2D eigenvalue weighted by molar-refractivity contribution is -0.116. The van der Waals surface area contributed by atoms with E-state index in [1.165, 1.54) is 11.6 Å². The zero-order valence-corrected chi connectivity index (χ0v) is 16.8. The minimum Gasteiger partial charge on any atom is -0.352 e. The molecule has 0 aliphatic carbocycles. The molecule has 1 amide bonds. The molecule has 1 aromatic carbocycles. The van der Waals surface area contributed by atoms with E-state index in [0.29, 0.717) is 13.0 Å². The third-order valence-corrected chi connectivity index (χ3v) is 6.91. The van der Waals surface area contributed by atoms with Crippen LogP contribution in [0.4, 0.5) is 0 Å². The molecular formula is C21H26N2O3S. The number of rotatable bonds is 5. The number of sulfone groups is 1. The van der Waals surface area contributed by atoms with Crippen molar-refractivity contribution in [3.8, 4) is 5.69 Å². The molecule has 27 heavy (non-hydrogen) atoms. The van der Waals surface area contributed by atoms with Gasteiger partial charge in [0.2, 0.25) is 5.91 Å². The summed E-state index contributed by atoms with van der Waals surface area (Å²) in [6, 6.07) is 10.4. The first-order valence-corrected chi connectivity index (χ1v) is 11.0. The molecule has 1 N–H and O–H groups in total. The molecule has 1 aliphatic heterocycles. The normalized spacial score (nSPS) is 18.9. The van der Waals surface area contributed by atoms with Gasteiger partial charge in [-0.05, 0) is 62.9 Å². The van der Waals surface area contributed by atoms with E-state index in [4.69, 9.17) is 0 Å². The summed E-state index contributed by atoms with van der Waals surface area (Å²) in [6.45, 7) is 6.55. The number of amides is 1. The predicted octanol–water partition coefficient (Wildman–Crippen LogP) is 2.97. The van der Waals surface area contributed by atoms with Crippen LogP contribution in [0.5, 0.6) is 0 Å². The molecule has 1 aliphatic rings. The summed E-state index contributed by atoms with van der Waals surface area (Å²) in [5.74, 6) is 0.238. The van der Waals surface area contributed by atoms with Crippen molar-refractivity contribution >= 4 is 21.8 Å². The van der Waals surface area contributed by atoms with Crippen molar-refractivity contribution in [3.63, 3.8) is 0 Å². The number of carbonyl (C=O) groups excluding carboxylic acids is 1. The van der Waals surface area contributed by atoms with E-state index in [1.807, 2.05) is 19.9 Å². The van der Waals surface area contributed by atoms with Crippen LogP contribution < -0.4 is 5.32 Å². The van der Waals surface area contributed by atoms with Gasteiger partial charge in [-0.25, -0.2) is 8.42 Å². The van der Waals surface area contributed by atoms with Crippen LogP contribution >= 0.6 is 0 Å². The van der Waals surface area contributed by atoms with Crippen molar-refractivity contribution in [2.45, 2.75) is 27.2 Å². The Kier molecular flexibility index (Phi) is 5.56. The first kappa shape index (κ1) is 19.4. The van der Waals surface area contributed by atoms with Gasteiger partial charge in [-0.1, -0.05) is 17.7 Å². The summed E-state index contributed by atoms with van der Waals surface area (Å²) < 4.78 is 25.1. The second-order valence-electron chi connectivity index (χ2n) is 7.34. The lowest BCUT2D eigenvalue weighted by Gasteiger charge is -2.10. The van der Waals surface area contributed by atoms with Gasteiger partial charge in [-0.2, -0.15) is 0 Å². The van der Waals surface area contributed by atoms with E-state index in [9.17, 15) is 13.2 Å². The van der Waals surface area contributed by atoms with Gasteiger partial charge in [0.1, 0.15) is 0 Å². The fraction of sp³-hybridized carbons (Fsp3) is 0.381. The fourth-order valence-corrected chi connectivity index (χ4v) is 5.41. The second kappa shape index (κ2) is 7.72. The minimum atomic E-state index is -2.91. The number of hydrogen-bond acceptors (Lipinski definition) is 3. The molecule has 144 valence electrons. The van der Waals surface area contributed by atoms with Gasteiger partial charge in [0.25, 0.3) is 0 Å². The smallest absolute Gasteiger partial charge is 0.244 e. The van der Waals surface area contributed by atoms with Gasteiger partial charge in [-0.3, -0.25) is 4.79 Å². The highest BCUT2D eigenvalue weighted by Crippen LogP contribution is 2.22. The molecule has 2 aromatic rings. The molecular weight excluding hydrogens is 360 g/mol. The number of nitrogens with one attached hydrogen (secondary N) is 1. The monoisotopic (exact) mass is 386 g/mol. The Balaban J connectivity index is 1.66. The Bertz CT molecular complexity index is 970. The van der Waals surface area contributed by atoms with Gasteiger partial charge in [0, 0.05) is 29.7 Å². The summed E-state index contributed by atoms with van der Waals surface area (Å²) in [4.78, 5) is 12.1. The quantitative estimate of drug-likeness (QED) is 0.804. The van der Waals surface area contributed by atoms with Crippen LogP contribution in [0.3, 0.4) is 0 Å². The molecule has 1 unspecified atom stereocenters. The molecule has 6 heteroatoms. The lowest BCUT2D eigenvalue weighted by Crippen LogP contribution is -2.28. The Morgan fingerprint density at radius 1 is 1.22 bits per heavy atom. The lowest BCUT2D eigenvalue weighted by atomic mass is 10.1. The van der Waals surface area contributed by atoms with E-state index in [-0.39, 0.29) is 23.3 Å². The van der Waals surface area contributed by atoms with Crippen LogP contribution in [0, 0.1) is 26.7 Å². The van der Waals surface area contributed by atoms with Crippen LogP contribution in [0.2, 0.25) is 0 Å². The minimum absolute atomic E-state index is 0.0268. The average molecular weight is 387 g/mol. The van der Waals surface area contributed by atoms with Crippen LogP contribution in [0.15, 0.2) is 36.4 Å². The zero-order chi connectivity index (χ0) is 19.6. The number of aromatic nitrogens is 1. The maximum Gasteiger partial charge on any atom is 0.244 e. The highest BCUT2D eigenvalue weighted by molar-refractivity contribution is 7.91. The summed E-state index contributed by atoms with van der Waals surface area (Å²) in [5.41, 5.74) is 5.48. The Labute approximate surface area is 161 Å². The van der Waals surface area contributed by atoms with Gasteiger partial charge in [0.15, 0.2) is 9.84 Å². The number of nitrogens with zero attached hydrogens (tertiary/aromatic N) is 1. The number of hydrogen-bond donors (Lipinski definition) is 1. The van der Waals surface area contributed by atoms with E-state index in [1.54, 1.807) is 0 Å².